The third-order valence-electron chi connectivity index (χ3n) is 5.69. The topological polar surface area (TPSA) is 62.9 Å². The first-order chi connectivity index (χ1) is 12.0. The highest BCUT2D eigenvalue weighted by atomic mass is 19.1. The SMILES string of the molecule is Cc1c(CN2CCC3(CC2)CC(C(=O)O)CO3)oc2ccc(F)cc12. The smallest absolute Gasteiger partial charge is 0.308 e. The number of ether oxygens (including phenoxy) is 1. The van der Waals surface area contributed by atoms with Crippen LogP contribution in [0.5, 0.6) is 0 Å². The molecule has 0 bridgehead atoms. The van der Waals surface area contributed by atoms with Gasteiger partial charge in [-0.2, -0.15) is 0 Å². The molecular weight excluding hydrogens is 325 g/mol. The van der Waals surface area contributed by atoms with Gasteiger partial charge in [-0.1, -0.05) is 0 Å². The zero-order chi connectivity index (χ0) is 17.6. The lowest BCUT2D eigenvalue weighted by atomic mass is 9.85. The van der Waals surface area contributed by atoms with Crippen molar-refractivity contribution < 1.29 is 23.4 Å². The van der Waals surface area contributed by atoms with E-state index >= 15 is 0 Å². The molecular formula is C19H22FNO4. The molecule has 1 atom stereocenters. The molecule has 5 nitrogen and oxygen atoms in total. The zero-order valence-corrected chi connectivity index (χ0v) is 14.3. The molecule has 0 aliphatic carbocycles. The van der Waals surface area contributed by atoms with Crippen molar-refractivity contribution in [1.82, 2.24) is 4.90 Å². The van der Waals surface area contributed by atoms with Gasteiger partial charge < -0.3 is 14.3 Å². The summed E-state index contributed by atoms with van der Waals surface area (Å²) in [5, 5.41) is 9.99. The van der Waals surface area contributed by atoms with E-state index in [-0.39, 0.29) is 17.3 Å². The third-order valence-corrected chi connectivity index (χ3v) is 5.69. The first-order valence-corrected chi connectivity index (χ1v) is 8.72. The fourth-order valence-corrected chi connectivity index (χ4v) is 4.07. The summed E-state index contributed by atoms with van der Waals surface area (Å²) in [5.41, 5.74) is 1.43. The Bertz CT molecular complexity index is 807. The summed E-state index contributed by atoms with van der Waals surface area (Å²) in [7, 11) is 0. The van der Waals surface area contributed by atoms with E-state index in [9.17, 15) is 9.18 Å². The van der Waals surface area contributed by atoms with Gasteiger partial charge in [0.1, 0.15) is 17.2 Å². The summed E-state index contributed by atoms with van der Waals surface area (Å²) >= 11 is 0. The molecule has 1 N–H and O–H groups in total. The van der Waals surface area contributed by atoms with Gasteiger partial charge >= 0.3 is 5.97 Å². The van der Waals surface area contributed by atoms with Crippen LogP contribution >= 0.6 is 0 Å². The highest BCUT2D eigenvalue weighted by molar-refractivity contribution is 5.82. The predicted molar refractivity (Wildman–Crippen MR) is 89.8 cm³/mol. The van der Waals surface area contributed by atoms with Crippen LogP contribution in [-0.4, -0.2) is 41.3 Å². The normalized spacial score (nSPS) is 23.5. The number of nitrogens with zero attached hydrogens (tertiary/aromatic N) is 1. The van der Waals surface area contributed by atoms with Crippen molar-refractivity contribution in [3.8, 4) is 0 Å². The number of hydrogen-bond acceptors (Lipinski definition) is 4. The Kier molecular flexibility index (Phi) is 4.04. The summed E-state index contributed by atoms with van der Waals surface area (Å²) < 4.78 is 25.2. The van der Waals surface area contributed by atoms with Gasteiger partial charge in [0.15, 0.2) is 0 Å². The molecule has 0 amide bonds. The number of aryl methyl sites for hydroxylation is 1. The predicted octanol–water partition coefficient (Wildman–Crippen LogP) is 3.34. The van der Waals surface area contributed by atoms with Gasteiger partial charge in [0.05, 0.1) is 24.7 Å². The van der Waals surface area contributed by atoms with Gasteiger partial charge in [-0.15, -0.1) is 0 Å². The Balaban J connectivity index is 1.42. The van der Waals surface area contributed by atoms with Crippen molar-refractivity contribution in [2.45, 2.75) is 38.3 Å². The van der Waals surface area contributed by atoms with E-state index in [4.69, 9.17) is 14.3 Å². The van der Waals surface area contributed by atoms with Crippen LogP contribution in [0.4, 0.5) is 4.39 Å². The molecule has 134 valence electrons. The summed E-state index contributed by atoms with van der Waals surface area (Å²) in [4.78, 5) is 13.4. The molecule has 2 fully saturated rings. The number of hydrogen-bond donors (Lipinski definition) is 1. The minimum absolute atomic E-state index is 0.255. The van der Waals surface area contributed by atoms with Crippen molar-refractivity contribution >= 4 is 16.9 Å². The van der Waals surface area contributed by atoms with Gasteiger partial charge in [0.2, 0.25) is 0 Å². The van der Waals surface area contributed by atoms with E-state index in [2.05, 4.69) is 4.90 Å². The molecule has 1 unspecified atom stereocenters. The van der Waals surface area contributed by atoms with Crippen LogP contribution < -0.4 is 0 Å². The van der Waals surface area contributed by atoms with Crippen LogP contribution in [0.3, 0.4) is 0 Å². The van der Waals surface area contributed by atoms with Gasteiger partial charge in [-0.3, -0.25) is 9.69 Å². The number of rotatable bonds is 3. The number of likely N-dealkylation sites (tertiary alicyclic amines) is 1. The highest BCUT2D eigenvalue weighted by Crippen LogP contribution is 2.39. The van der Waals surface area contributed by atoms with Crippen LogP contribution in [0, 0.1) is 18.7 Å². The van der Waals surface area contributed by atoms with Crippen molar-refractivity contribution in [3.63, 3.8) is 0 Å². The van der Waals surface area contributed by atoms with E-state index in [0.717, 1.165) is 42.6 Å². The molecule has 0 radical (unpaired) electrons. The molecule has 1 spiro atoms. The van der Waals surface area contributed by atoms with Crippen molar-refractivity contribution in [1.29, 1.82) is 0 Å². The molecule has 2 aromatic rings. The largest absolute Gasteiger partial charge is 0.481 e. The average Bonchev–Trinajstić information content (AvgIpc) is 3.13. The van der Waals surface area contributed by atoms with Gasteiger partial charge in [-0.05, 0) is 49.9 Å². The summed E-state index contributed by atoms with van der Waals surface area (Å²) in [5.74, 6) is -0.523. The minimum atomic E-state index is -0.760. The van der Waals surface area contributed by atoms with Gasteiger partial charge in [-0.25, -0.2) is 4.39 Å². The Morgan fingerprint density at radius 2 is 2.16 bits per heavy atom. The second-order valence-electron chi connectivity index (χ2n) is 7.30. The van der Waals surface area contributed by atoms with Crippen LogP contribution in [-0.2, 0) is 16.1 Å². The van der Waals surface area contributed by atoms with E-state index in [0.29, 0.717) is 25.2 Å². The number of carbonyl (C=O) groups is 1. The molecule has 2 aliphatic rings. The molecule has 25 heavy (non-hydrogen) atoms. The average molecular weight is 347 g/mol. The molecule has 1 aromatic carbocycles. The first-order valence-electron chi connectivity index (χ1n) is 8.72. The standard InChI is InChI=1S/C19H22FNO4/c1-12-15-8-14(20)2-3-16(15)25-17(12)10-21-6-4-19(5-7-21)9-13(11-24-19)18(22)23/h2-3,8,13H,4-7,9-11H2,1H3,(H,22,23). The van der Waals surface area contributed by atoms with Crippen LogP contribution in [0.1, 0.15) is 30.6 Å². The zero-order valence-electron chi connectivity index (χ0n) is 14.3. The fourth-order valence-electron chi connectivity index (χ4n) is 4.07. The lowest BCUT2D eigenvalue weighted by Crippen LogP contribution is -2.43. The fraction of sp³-hybridized carbons (Fsp3) is 0.526. The summed E-state index contributed by atoms with van der Waals surface area (Å²) in [6.45, 7) is 4.65. The Hall–Kier alpha value is -1.92. The first kappa shape index (κ1) is 16.5. The maximum atomic E-state index is 13.4. The molecule has 2 aliphatic heterocycles. The molecule has 1 aromatic heterocycles. The number of carboxylic acid groups (broad SMARTS) is 1. The lowest BCUT2D eigenvalue weighted by Gasteiger charge is -2.38. The Labute approximate surface area is 145 Å². The van der Waals surface area contributed by atoms with Crippen LogP contribution in [0.15, 0.2) is 22.6 Å². The number of piperidine rings is 1. The molecule has 6 heteroatoms. The number of carboxylic acids is 1. The molecule has 3 heterocycles. The van der Waals surface area contributed by atoms with Gasteiger partial charge in [0, 0.05) is 18.5 Å². The second-order valence-corrected chi connectivity index (χ2v) is 7.30. The van der Waals surface area contributed by atoms with E-state index in [1.807, 2.05) is 6.92 Å². The number of furan rings is 1. The van der Waals surface area contributed by atoms with E-state index in [1.165, 1.54) is 12.1 Å². The lowest BCUT2D eigenvalue weighted by molar-refractivity contribution is -0.141. The molecule has 4 rings (SSSR count). The van der Waals surface area contributed by atoms with Crippen molar-refractivity contribution in [3.05, 3.63) is 35.3 Å². The summed E-state index contributed by atoms with van der Waals surface area (Å²) in [6, 6.07) is 4.60. The quantitative estimate of drug-likeness (QED) is 0.923. The van der Waals surface area contributed by atoms with Crippen molar-refractivity contribution in [2.75, 3.05) is 19.7 Å². The maximum Gasteiger partial charge on any atom is 0.308 e. The number of aliphatic carboxylic acids is 1. The van der Waals surface area contributed by atoms with Crippen molar-refractivity contribution in [2.24, 2.45) is 5.92 Å². The minimum Gasteiger partial charge on any atom is -0.481 e. The number of fused-ring (bicyclic) bond motifs is 1. The Morgan fingerprint density at radius 3 is 2.84 bits per heavy atom. The second kappa shape index (κ2) is 6.11. The van der Waals surface area contributed by atoms with E-state index in [1.54, 1.807) is 6.07 Å². The van der Waals surface area contributed by atoms with Gasteiger partial charge in [0.25, 0.3) is 0 Å². The highest BCUT2D eigenvalue weighted by Gasteiger charge is 2.45. The summed E-state index contributed by atoms with van der Waals surface area (Å²) in [6.07, 6.45) is 2.29. The number of benzene rings is 1. The number of halogens is 1. The molecule has 2 saturated heterocycles. The monoisotopic (exact) mass is 347 g/mol. The maximum absolute atomic E-state index is 13.4. The Morgan fingerprint density at radius 1 is 1.40 bits per heavy atom. The van der Waals surface area contributed by atoms with Crippen LogP contribution in [0.2, 0.25) is 0 Å². The third kappa shape index (κ3) is 3.04. The van der Waals surface area contributed by atoms with Crippen LogP contribution in [0.25, 0.3) is 11.0 Å². The molecule has 0 saturated carbocycles. The van der Waals surface area contributed by atoms with E-state index < -0.39 is 5.97 Å².